The highest BCUT2D eigenvalue weighted by molar-refractivity contribution is 9.10. The van der Waals surface area contributed by atoms with E-state index in [1.165, 1.54) is 33.3 Å². The van der Waals surface area contributed by atoms with Gasteiger partial charge >= 0.3 is 0 Å². The Morgan fingerprint density at radius 2 is 2.04 bits per heavy atom. The molecule has 144 valence electrons. The Morgan fingerprint density at radius 1 is 1.21 bits per heavy atom. The predicted octanol–water partition coefficient (Wildman–Crippen LogP) is 4.99. The first-order chi connectivity index (χ1) is 13.7. The molecule has 5 heteroatoms. The lowest BCUT2D eigenvalue weighted by molar-refractivity contribution is 0.0608. The summed E-state index contributed by atoms with van der Waals surface area (Å²) < 4.78 is 12.4. The van der Waals surface area contributed by atoms with Crippen molar-refractivity contribution in [2.24, 2.45) is 4.99 Å². The van der Waals surface area contributed by atoms with Crippen LogP contribution < -0.4 is 4.74 Å². The van der Waals surface area contributed by atoms with Crippen LogP contribution in [0.15, 0.2) is 39.8 Å². The Labute approximate surface area is 173 Å². The zero-order valence-corrected chi connectivity index (χ0v) is 17.7. The van der Waals surface area contributed by atoms with Gasteiger partial charge in [0.2, 0.25) is 0 Å². The second-order valence-corrected chi connectivity index (χ2v) is 8.54. The number of aromatic amines is 1. The number of benzene rings is 2. The van der Waals surface area contributed by atoms with Crippen molar-refractivity contribution in [3.8, 4) is 5.75 Å². The fourth-order valence-corrected chi connectivity index (χ4v) is 5.55. The second-order valence-electron chi connectivity index (χ2n) is 7.69. The molecule has 2 heterocycles. The molecule has 5 rings (SSSR count). The van der Waals surface area contributed by atoms with Crippen molar-refractivity contribution in [3.05, 3.63) is 62.8 Å². The molecule has 0 atom stereocenters. The Bertz CT molecular complexity index is 1090. The standard InChI is InChI=1S/C23H23BrN2O2/c1-25-13-14-3-4-16-17-10-15-11-19(24)21(27-2)12-18(15)23(5-7-28-8-6-23)22(17)26-20(16)9-14/h3-4,9,11-13,26H,5-8,10H2,1-2H3/b25-13-. The van der Waals surface area contributed by atoms with Crippen LogP contribution in [-0.4, -0.2) is 38.6 Å². The van der Waals surface area contributed by atoms with Crippen LogP contribution in [0.2, 0.25) is 0 Å². The number of H-pyrrole nitrogens is 1. The third-order valence-corrected chi connectivity index (χ3v) is 6.91. The summed E-state index contributed by atoms with van der Waals surface area (Å²) >= 11 is 3.68. The highest BCUT2D eigenvalue weighted by Crippen LogP contribution is 2.51. The van der Waals surface area contributed by atoms with Crippen LogP contribution in [0, 0.1) is 0 Å². The first kappa shape index (κ1) is 18.0. The molecular weight excluding hydrogens is 416 g/mol. The number of hydrogen-bond donors (Lipinski definition) is 1. The van der Waals surface area contributed by atoms with Crippen molar-refractivity contribution >= 4 is 33.0 Å². The summed E-state index contributed by atoms with van der Waals surface area (Å²) in [6.45, 7) is 1.56. The molecule has 4 nitrogen and oxygen atoms in total. The van der Waals surface area contributed by atoms with Gasteiger partial charge in [0.15, 0.2) is 0 Å². The Morgan fingerprint density at radius 3 is 2.79 bits per heavy atom. The van der Waals surface area contributed by atoms with Crippen LogP contribution in [0.25, 0.3) is 10.9 Å². The SMILES string of the molecule is C/N=C\c1ccc2c3c([nH]c2c1)C1(CCOCC1)c1cc(OC)c(Br)cc1C3. The smallest absolute Gasteiger partial charge is 0.133 e. The zero-order chi connectivity index (χ0) is 19.3. The van der Waals surface area contributed by atoms with E-state index in [1.54, 1.807) is 7.11 Å². The topological polar surface area (TPSA) is 46.6 Å². The summed E-state index contributed by atoms with van der Waals surface area (Å²) in [7, 11) is 3.54. The molecular formula is C23H23BrN2O2. The highest BCUT2D eigenvalue weighted by Gasteiger charge is 2.44. The van der Waals surface area contributed by atoms with E-state index in [1.807, 2.05) is 13.3 Å². The minimum atomic E-state index is -0.0484. The minimum Gasteiger partial charge on any atom is -0.496 e. The van der Waals surface area contributed by atoms with Crippen LogP contribution in [0.4, 0.5) is 0 Å². The molecule has 1 fully saturated rings. The van der Waals surface area contributed by atoms with Crippen molar-refractivity contribution < 1.29 is 9.47 Å². The molecule has 0 saturated carbocycles. The third-order valence-electron chi connectivity index (χ3n) is 6.29. The molecule has 1 saturated heterocycles. The summed E-state index contributed by atoms with van der Waals surface area (Å²) in [4.78, 5) is 7.96. The van der Waals surface area contributed by atoms with Crippen molar-refractivity contribution in [3.63, 3.8) is 0 Å². The van der Waals surface area contributed by atoms with Gasteiger partial charge in [-0.2, -0.15) is 0 Å². The predicted molar refractivity (Wildman–Crippen MR) is 116 cm³/mol. The Balaban J connectivity index is 1.77. The average Bonchev–Trinajstić information content (AvgIpc) is 3.07. The molecule has 0 unspecified atom stereocenters. The maximum atomic E-state index is 5.76. The lowest BCUT2D eigenvalue weighted by Gasteiger charge is -2.42. The first-order valence-electron chi connectivity index (χ1n) is 9.68. The molecule has 1 aliphatic heterocycles. The molecule has 0 radical (unpaired) electrons. The molecule has 0 bridgehead atoms. The van der Waals surface area contributed by atoms with Gasteiger partial charge in [-0.3, -0.25) is 4.99 Å². The summed E-state index contributed by atoms with van der Waals surface area (Å²) in [6.07, 6.45) is 4.79. The number of halogens is 1. The van der Waals surface area contributed by atoms with E-state index in [-0.39, 0.29) is 5.41 Å². The minimum absolute atomic E-state index is 0.0484. The van der Waals surface area contributed by atoms with E-state index in [4.69, 9.17) is 9.47 Å². The van der Waals surface area contributed by atoms with Gasteiger partial charge in [0.1, 0.15) is 5.75 Å². The maximum Gasteiger partial charge on any atom is 0.133 e. The maximum absolute atomic E-state index is 5.76. The number of fused-ring (bicyclic) bond motifs is 6. The monoisotopic (exact) mass is 438 g/mol. The van der Waals surface area contributed by atoms with E-state index >= 15 is 0 Å². The van der Waals surface area contributed by atoms with Gasteiger partial charge in [-0.25, -0.2) is 0 Å². The third kappa shape index (κ3) is 2.56. The number of methoxy groups -OCH3 is 1. The first-order valence-corrected chi connectivity index (χ1v) is 10.5. The fourth-order valence-electron chi connectivity index (χ4n) is 5.00. The fraction of sp³-hybridized carbons (Fsp3) is 0.348. The normalized spacial score (nSPS) is 17.8. The van der Waals surface area contributed by atoms with E-state index in [0.29, 0.717) is 0 Å². The molecule has 3 aromatic rings. The number of nitrogens with zero attached hydrogens (tertiary/aromatic N) is 1. The van der Waals surface area contributed by atoms with E-state index < -0.39 is 0 Å². The summed E-state index contributed by atoms with van der Waals surface area (Å²) in [5, 5.41) is 1.31. The van der Waals surface area contributed by atoms with Crippen LogP contribution in [-0.2, 0) is 16.6 Å². The van der Waals surface area contributed by atoms with Crippen molar-refractivity contribution in [2.45, 2.75) is 24.7 Å². The zero-order valence-electron chi connectivity index (χ0n) is 16.1. The average molecular weight is 439 g/mol. The molecule has 2 aliphatic rings. The van der Waals surface area contributed by atoms with Crippen molar-refractivity contribution in [1.82, 2.24) is 4.98 Å². The van der Waals surface area contributed by atoms with Gasteiger partial charge in [0, 0.05) is 54.9 Å². The van der Waals surface area contributed by atoms with Gasteiger partial charge in [-0.1, -0.05) is 12.1 Å². The number of aliphatic imine (C=N–C) groups is 1. The summed E-state index contributed by atoms with van der Waals surface area (Å²) in [5.41, 5.74) is 7.79. The quantitative estimate of drug-likeness (QED) is 0.572. The number of ether oxygens (including phenoxy) is 2. The summed E-state index contributed by atoms with van der Waals surface area (Å²) in [6, 6.07) is 11.1. The molecule has 0 amide bonds. The van der Waals surface area contributed by atoms with Gasteiger partial charge < -0.3 is 14.5 Å². The van der Waals surface area contributed by atoms with Crippen LogP contribution >= 0.6 is 15.9 Å². The van der Waals surface area contributed by atoms with Crippen LogP contribution in [0.5, 0.6) is 5.75 Å². The Kier molecular flexibility index (Phi) is 4.33. The lowest BCUT2D eigenvalue weighted by Crippen LogP contribution is -2.39. The summed E-state index contributed by atoms with van der Waals surface area (Å²) in [5.74, 6) is 0.894. The molecule has 1 aromatic heterocycles. The van der Waals surface area contributed by atoms with Crippen LogP contribution in [0.3, 0.4) is 0 Å². The number of hydrogen-bond acceptors (Lipinski definition) is 3. The van der Waals surface area contributed by atoms with E-state index in [2.05, 4.69) is 56.2 Å². The second kappa shape index (κ2) is 6.75. The van der Waals surface area contributed by atoms with Crippen molar-refractivity contribution in [1.29, 1.82) is 0 Å². The van der Waals surface area contributed by atoms with E-state index in [9.17, 15) is 0 Å². The molecule has 28 heavy (non-hydrogen) atoms. The van der Waals surface area contributed by atoms with E-state index in [0.717, 1.165) is 48.3 Å². The lowest BCUT2D eigenvalue weighted by atomic mass is 9.65. The number of nitrogens with one attached hydrogen (secondary N) is 1. The van der Waals surface area contributed by atoms with Gasteiger partial charge in [-0.05, 0) is 69.2 Å². The molecule has 1 spiro atoms. The number of aromatic nitrogens is 1. The molecule has 2 aromatic carbocycles. The van der Waals surface area contributed by atoms with Gasteiger partial charge in [-0.15, -0.1) is 0 Å². The Hall–Kier alpha value is -2.11. The van der Waals surface area contributed by atoms with Gasteiger partial charge in [0.05, 0.1) is 11.6 Å². The largest absolute Gasteiger partial charge is 0.496 e. The van der Waals surface area contributed by atoms with Gasteiger partial charge in [0.25, 0.3) is 0 Å². The number of rotatable bonds is 2. The highest BCUT2D eigenvalue weighted by atomic mass is 79.9. The van der Waals surface area contributed by atoms with Crippen molar-refractivity contribution in [2.75, 3.05) is 27.4 Å². The van der Waals surface area contributed by atoms with Crippen LogP contribution in [0.1, 0.15) is 40.8 Å². The molecule has 1 aliphatic carbocycles. The molecule has 1 N–H and O–H groups in total.